The van der Waals surface area contributed by atoms with Crippen molar-refractivity contribution in [3.05, 3.63) is 30.3 Å². The van der Waals surface area contributed by atoms with E-state index in [0.29, 0.717) is 16.6 Å². The second-order valence-electron chi connectivity index (χ2n) is 8.84. The molecule has 0 heterocycles. The second kappa shape index (κ2) is 10.8. The summed E-state index contributed by atoms with van der Waals surface area (Å²) in [5.41, 5.74) is 3.51. The Labute approximate surface area is 170 Å². The number of benzene rings is 1. The molecule has 156 valence electrons. The van der Waals surface area contributed by atoms with Crippen molar-refractivity contribution >= 4 is 22.5 Å². The molecule has 0 spiro atoms. The molecule has 5 heteroatoms. The molecule has 0 bridgehead atoms. The van der Waals surface area contributed by atoms with Gasteiger partial charge in [-0.3, -0.25) is 0 Å². The maximum absolute atomic E-state index is 5.67. The molecule has 1 aromatic rings. The minimum Gasteiger partial charge on any atom is -0.398 e. The van der Waals surface area contributed by atoms with Crippen molar-refractivity contribution in [2.45, 2.75) is 83.6 Å². The molecule has 0 saturated carbocycles. The zero-order valence-corrected chi connectivity index (χ0v) is 21.2. The van der Waals surface area contributed by atoms with E-state index in [9.17, 15) is 0 Å². The number of hydrogen-bond acceptors (Lipinski definition) is 3. The molecule has 0 atom stereocenters. The van der Waals surface area contributed by atoms with Gasteiger partial charge in [0, 0.05) is 26.5 Å². The summed E-state index contributed by atoms with van der Waals surface area (Å²) >= 11 is 0. The van der Waals surface area contributed by atoms with E-state index in [1.807, 2.05) is 0 Å². The van der Waals surface area contributed by atoms with Crippen molar-refractivity contribution in [1.29, 1.82) is 0 Å². The Balaban J connectivity index is 3.11. The average Bonchev–Trinajstić information content (AvgIpc) is 2.63. The fourth-order valence-corrected chi connectivity index (χ4v) is 13.6. The predicted octanol–water partition coefficient (Wildman–Crippen LogP) is 6.81. The fourth-order valence-electron chi connectivity index (χ4n) is 5.09. The van der Waals surface area contributed by atoms with Gasteiger partial charge in [0.05, 0.1) is 0 Å². The molecule has 27 heavy (non-hydrogen) atoms. The van der Waals surface area contributed by atoms with Crippen LogP contribution in [0.1, 0.15) is 54.4 Å². The Morgan fingerprint density at radius 1 is 0.815 bits per heavy atom. The summed E-state index contributed by atoms with van der Waals surface area (Å²) < 4.78 is 14.2. The molecule has 1 aromatic carbocycles. The summed E-state index contributed by atoms with van der Waals surface area (Å²) in [6.45, 7) is 18.0. The van der Waals surface area contributed by atoms with Crippen LogP contribution in [-0.2, 0) is 8.85 Å². The molecule has 0 saturated heterocycles. The van der Waals surface area contributed by atoms with Crippen LogP contribution in [0.15, 0.2) is 30.3 Å². The largest absolute Gasteiger partial charge is 0.398 e. The molecule has 0 fully saturated rings. The minimum absolute atomic E-state index is 0.704. The lowest BCUT2D eigenvalue weighted by Crippen LogP contribution is -2.61. The SMILES string of the molecule is CO[Si](C)(CCCCN(c1ccccc1)[Si](C(C)C)(C(C)C)C(C)C)OC. The van der Waals surface area contributed by atoms with Crippen molar-refractivity contribution in [2.75, 3.05) is 25.3 Å². The Hall–Kier alpha value is -0.626. The first-order valence-corrected chi connectivity index (χ1v) is 15.3. The molecule has 0 unspecified atom stereocenters. The molecule has 0 aromatic heterocycles. The summed E-state index contributed by atoms with van der Waals surface area (Å²) in [5, 5.41) is 0. The van der Waals surface area contributed by atoms with Crippen LogP contribution >= 0.6 is 0 Å². The maximum atomic E-state index is 5.67. The maximum Gasteiger partial charge on any atom is 0.334 e. The third-order valence-electron chi connectivity index (χ3n) is 6.44. The van der Waals surface area contributed by atoms with Gasteiger partial charge in [0.1, 0.15) is 0 Å². The second-order valence-corrected chi connectivity index (χ2v) is 18.2. The van der Waals surface area contributed by atoms with Crippen molar-refractivity contribution in [3.63, 3.8) is 0 Å². The first-order chi connectivity index (χ1) is 12.7. The van der Waals surface area contributed by atoms with E-state index in [1.165, 1.54) is 12.1 Å². The van der Waals surface area contributed by atoms with E-state index in [4.69, 9.17) is 8.85 Å². The highest BCUT2D eigenvalue weighted by Gasteiger charge is 2.48. The monoisotopic (exact) mass is 409 g/mol. The van der Waals surface area contributed by atoms with Gasteiger partial charge in [-0.1, -0.05) is 59.7 Å². The van der Waals surface area contributed by atoms with Crippen molar-refractivity contribution < 1.29 is 8.85 Å². The van der Waals surface area contributed by atoms with Gasteiger partial charge < -0.3 is 13.4 Å². The van der Waals surface area contributed by atoms with E-state index in [-0.39, 0.29) is 0 Å². The molecule has 0 aliphatic carbocycles. The lowest BCUT2D eigenvalue weighted by atomic mass is 10.3. The number of nitrogens with zero attached hydrogens (tertiary/aromatic N) is 1. The molecule has 0 amide bonds. The Morgan fingerprint density at radius 2 is 1.30 bits per heavy atom. The van der Waals surface area contributed by atoms with Crippen LogP contribution < -0.4 is 4.57 Å². The molecule has 0 N–H and O–H groups in total. The van der Waals surface area contributed by atoms with E-state index in [0.717, 1.165) is 19.0 Å². The van der Waals surface area contributed by atoms with Crippen LogP contribution in [0.4, 0.5) is 5.69 Å². The topological polar surface area (TPSA) is 21.7 Å². The predicted molar refractivity (Wildman–Crippen MR) is 125 cm³/mol. The molecule has 1 rings (SSSR count). The third kappa shape index (κ3) is 5.69. The van der Waals surface area contributed by atoms with E-state index >= 15 is 0 Å². The highest BCUT2D eigenvalue weighted by molar-refractivity contribution is 6.86. The number of anilines is 1. The Kier molecular flexibility index (Phi) is 9.76. The summed E-state index contributed by atoms with van der Waals surface area (Å²) in [6, 6.07) is 12.2. The summed E-state index contributed by atoms with van der Waals surface area (Å²) in [6.07, 6.45) is 2.34. The smallest absolute Gasteiger partial charge is 0.334 e. The van der Waals surface area contributed by atoms with Gasteiger partial charge in [-0.25, -0.2) is 0 Å². The zero-order chi connectivity index (χ0) is 20.7. The van der Waals surface area contributed by atoms with Gasteiger partial charge >= 0.3 is 8.56 Å². The van der Waals surface area contributed by atoms with Crippen molar-refractivity contribution in [2.24, 2.45) is 0 Å². The van der Waals surface area contributed by atoms with Gasteiger partial charge in [-0.2, -0.15) is 0 Å². The highest BCUT2D eigenvalue weighted by Crippen LogP contribution is 2.45. The summed E-state index contributed by atoms with van der Waals surface area (Å²) in [4.78, 5) is 0. The van der Waals surface area contributed by atoms with Crippen LogP contribution in [0.25, 0.3) is 0 Å². The number of hydrogen-bond donors (Lipinski definition) is 0. The molecule has 0 aliphatic rings. The fraction of sp³-hybridized carbons (Fsp3) is 0.727. The van der Waals surface area contributed by atoms with Crippen LogP contribution in [0.3, 0.4) is 0 Å². The van der Waals surface area contributed by atoms with Gasteiger partial charge in [-0.15, -0.1) is 0 Å². The summed E-state index contributed by atoms with van der Waals surface area (Å²) in [5.74, 6) is 0. The highest BCUT2D eigenvalue weighted by atomic mass is 28.4. The van der Waals surface area contributed by atoms with Gasteiger partial charge in [0.15, 0.2) is 8.24 Å². The lowest BCUT2D eigenvalue weighted by Gasteiger charge is -2.52. The minimum atomic E-state index is -1.97. The van der Waals surface area contributed by atoms with E-state index < -0.39 is 16.8 Å². The number of para-hydroxylation sites is 1. The van der Waals surface area contributed by atoms with Gasteiger partial charge in [0.2, 0.25) is 0 Å². The van der Waals surface area contributed by atoms with Gasteiger partial charge in [-0.05, 0) is 54.2 Å². The molecule has 3 nitrogen and oxygen atoms in total. The number of unbranched alkanes of at least 4 members (excludes halogenated alkanes) is 1. The van der Waals surface area contributed by atoms with Crippen LogP contribution in [0.5, 0.6) is 0 Å². The van der Waals surface area contributed by atoms with Crippen LogP contribution in [0.2, 0.25) is 29.2 Å². The van der Waals surface area contributed by atoms with Crippen molar-refractivity contribution in [1.82, 2.24) is 0 Å². The first kappa shape index (κ1) is 24.4. The average molecular weight is 410 g/mol. The van der Waals surface area contributed by atoms with Gasteiger partial charge in [0.25, 0.3) is 0 Å². The van der Waals surface area contributed by atoms with E-state index in [1.54, 1.807) is 14.2 Å². The third-order valence-corrected chi connectivity index (χ3v) is 16.4. The Bertz CT molecular complexity index is 509. The zero-order valence-electron chi connectivity index (χ0n) is 19.2. The number of rotatable bonds is 12. The molecule has 0 radical (unpaired) electrons. The standard InChI is InChI=1S/C22H43NO2Si2/c1-19(2)27(20(3)4,21(5)6)23(22-15-11-10-12-16-22)17-13-14-18-26(9,24-7)25-8/h10-12,15-16,19-21H,13-14,17-18H2,1-9H3. The quantitative estimate of drug-likeness (QED) is 0.279. The normalized spacial score (nSPS) is 13.0. The molecular weight excluding hydrogens is 366 g/mol. The first-order valence-electron chi connectivity index (χ1n) is 10.6. The Morgan fingerprint density at radius 3 is 1.70 bits per heavy atom. The molecule has 0 aliphatic heterocycles. The van der Waals surface area contributed by atoms with Crippen LogP contribution in [-0.4, -0.2) is 37.6 Å². The lowest BCUT2D eigenvalue weighted by molar-refractivity contribution is 0.248. The molecular formula is C22H43NO2Si2. The summed E-state index contributed by atoms with van der Waals surface area (Å²) in [7, 11) is -0.112. The van der Waals surface area contributed by atoms with E-state index in [2.05, 4.69) is 83.0 Å². The van der Waals surface area contributed by atoms with Crippen LogP contribution in [0, 0.1) is 0 Å². The van der Waals surface area contributed by atoms with Crippen molar-refractivity contribution in [3.8, 4) is 0 Å².